The molecular formula is C42H27NO. The maximum absolute atomic E-state index is 6.83. The van der Waals surface area contributed by atoms with E-state index in [0.29, 0.717) is 0 Å². The second-order valence-corrected chi connectivity index (χ2v) is 11.4. The summed E-state index contributed by atoms with van der Waals surface area (Å²) in [6.07, 6.45) is 0. The van der Waals surface area contributed by atoms with E-state index in [1.165, 1.54) is 43.4 Å². The highest BCUT2D eigenvalue weighted by atomic mass is 16.3. The zero-order valence-electron chi connectivity index (χ0n) is 23.9. The van der Waals surface area contributed by atoms with Crippen LogP contribution >= 0.6 is 0 Å². The minimum atomic E-state index is 0.860. The summed E-state index contributed by atoms with van der Waals surface area (Å²) in [6.45, 7) is 0. The number of benzene rings is 8. The number of fused-ring (bicyclic) bond motifs is 7. The molecule has 206 valence electrons. The topological polar surface area (TPSA) is 25.2 Å². The van der Waals surface area contributed by atoms with Crippen LogP contribution in [0.25, 0.3) is 76.5 Å². The van der Waals surface area contributed by atoms with Crippen molar-refractivity contribution in [2.75, 3.05) is 5.32 Å². The third kappa shape index (κ3) is 3.89. The first kappa shape index (κ1) is 24.7. The van der Waals surface area contributed by atoms with E-state index in [-0.39, 0.29) is 0 Å². The fourth-order valence-electron chi connectivity index (χ4n) is 6.74. The molecule has 2 heteroatoms. The molecule has 0 bridgehead atoms. The van der Waals surface area contributed by atoms with Crippen molar-refractivity contribution in [2.45, 2.75) is 0 Å². The van der Waals surface area contributed by atoms with Gasteiger partial charge in [0.1, 0.15) is 5.58 Å². The summed E-state index contributed by atoms with van der Waals surface area (Å²) >= 11 is 0. The second-order valence-electron chi connectivity index (χ2n) is 11.4. The predicted molar refractivity (Wildman–Crippen MR) is 187 cm³/mol. The zero-order valence-corrected chi connectivity index (χ0v) is 23.9. The Hall–Kier alpha value is -5.86. The predicted octanol–water partition coefficient (Wildman–Crippen LogP) is 12.1. The monoisotopic (exact) mass is 561 g/mol. The van der Waals surface area contributed by atoms with Gasteiger partial charge in [-0.3, -0.25) is 0 Å². The molecule has 44 heavy (non-hydrogen) atoms. The third-order valence-electron chi connectivity index (χ3n) is 8.83. The number of rotatable bonds is 4. The molecule has 0 spiro atoms. The lowest BCUT2D eigenvalue weighted by atomic mass is 9.95. The Balaban J connectivity index is 1.23. The normalized spacial score (nSPS) is 11.6. The van der Waals surface area contributed by atoms with Gasteiger partial charge in [-0.25, -0.2) is 0 Å². The lowest BCUT2D eigenvalue weighted by Crippen LogP contribution is -1.93. The van der Waals surface area contributed by atoms with Gasteiger partial charge in [0.25, 0.3) is 0 Å². The first-order valence-corrected chi connectivity index (χ1v) is 15.0. The van der Waals surface area contributed by atoms with Gasteiger partial charge in [-0.2, -0.15) is 0 Å². The Labute approximate surface area is 254 Å². The van der Waals surface area contributed by atoms with Crippen LogP contribution in [0.5, 0.6) is 0 Å². The molecule has 1 heterocycles. The molecule has 0 fully saturated rings. The van der Waals surface area contributed by atoms with Gasteiger partial charge in [-0.05, 0) is 67.9 Å². The van der Waals surface area contributed by atoms with Gasteiger partial charge in [-0.1, -0.05) is 133 Å². The fourth-order valence-corrected chi connectivity index (χ4v) is 6.74. The minimum Gasteiger partial charge on any atom is -0.453 e. The largest absolute Gasteiger partial charge is 0.453 e. The van der Waals surface area contributed by atoms with E-state index >= 15 is 0 Å². The van der Waals surface area contributed by atoms with Crippen molar-refractivity contribution in [3.8, 4) is 22.3 Å². The van der Waals surface area contributed by atoms with E-state index in [0.717, 1.165) is 44.4 Å². The van der Waals surface area contributed by atoms with Crippen LogP contribution in [0.15, 0.2) is 162 Å². The molecule has 0 aliphatic rings. The molecule has 0 radical (unpaired) electrons. The summed E-state index contributed by atoms with van der Waals surface area (Å²) in [7, 11) is 0. The van der Waals surface area contributed by atoms with Crippen LogP contribution in [0, 0.1) is 0 Å². The number of nitrogens with one attached hydrogen (secondary N) is 1. The molecule has 0 aliphatic carbocycles. The average molecular weight is 562 g/mol. The minimum absolute atomic E-state index is 0.860. The molecule has 0 amide bonds. The van der Waals surface area contributed by atoms with E-state index in [2.05, 4.69) is 163 Å². The van der Waals surface area contributed by atoms with Crippen LogP contribution in [-0.4, -0.2) is 0 Å². The second kappa shape index (κ2) is 9.86. The van der Waals surface area contributed by atoms with Gasteiger partial charge in [0.2, 0.25) is 0 Å². The molecule has 1 N–H and O–H groups in total. The van der Waals surface area contributed by atoms with Gasteiger partial charge >= 0.3 is 0 Å². The standard InChI is InChI=1S/C42H27NO/c1-2-12-28(13-3-1)37-26-30-15-6-7-16-33(30)40-36-19-10-20-39(41(36)44-42(37)40)43-38-24-23-32(34-17-8-9-18-35(34)38)31-22-21-27-11-4-5-14-29(27)25-31/h1-26,43H. The van der Waals surface area contributed by atoms with Gasteiger partial charge in [0, 0.05) is 27.4 Å². The molecule has 1 aromatic heterocycles. The molecule has 0 unspecified atom stereocenters. The summed E-state index contributed by atoms with van der Waals surface area (Å²) in [5, 5.41) is 13.3. The van der Waals surface area contributed by atoms with E-state index in [4.69, 9.17) is 4.42 Å². The molecule has 0 saturated carbocycles. The Morgan fingerprint density at radius 2 is 1.07 bits per heavy atom. The summed E-state index contributed by atoms with van der Waals surface area (Å²) < 4.78 is 6.83. The van der Waals surface area contributed by atoms with Crippen molar-refractivity contribution in [3.63, 3.8) is 0 Å². The van der Waals surface area contributed by atoms with E-state index in [9.17, 15) is 0 Å². The Morgan fingerprint density at radius 1 is 0.364 bits per heavy atom. The first-order valence-electron chi connectivity index (χ1n) is 15.0. The van der Waals surface area contributed by atoms with Gasteiger partial charge < -0.3 is 9.73 Å². The molecule has 8 aromatic carbocycles. The average Bonchev–Trinajstić information content (AvgIpc) is 3.49. The number of para-hydroxylation sites is 1. The SMILES string of the molecule is c1ccc(-c2cc3ccccc3c3c2oc2c(Nc4ccc(-c5ccc6ccccc6c5)c5ccccc45)cccc23)cc1. The molecule has 0 aliphatic heterocycles. The summed E-state index contributed by atoms with van der Waals surface area (Å²) in [5.74, 6) is 0. The van der Waals surface area contributed by atoms with Crippen LogP contribution in [0.3, 0.4) is 0 Å². The molecule has 2 nitrogen and oxygen atoms in total. The molecule has 9 aromatic rings. The summed E-state index contributed by atoms with van der Waals surface area (Å²) in [6, 6.07) is 56.1. The van der Waals surface area contributed by atoms with Crippen LogP contribution < -0.4 is 5.32 Å². The lowest BCUT2D eigenvalue weighted by molar-refractivity contribution is 0.671. The highest BCUT2D eigenvalue weighted by Crippen LogP contribution is 2.44. The van der Waals surface area contributed by atoms with E-state index in [1.807, 2.05) is 0 Å². The van der Waals surface area contributed by atoms with Crippen molar-refractivity contribution in [3.05, 3.63) is 158 Å². The smallest absolute Gasteiger partial charge is 0.158 e. The van der Waals surface area contributed by atoms with Crippen molar-refractivity contribution in [1.29, 1.82) is 0 Å². The zero-order chi connectivity index (χ0) is 29.0. The quantitative estimate of drug-likeness (QED) is 0.231. The Bertz CT molecular complexity index is 2520. The van der Waals surface area contributed by atoms with Crippen molar-refractivity contribution in [1.82, 2.24) is 0 Å². The molecule has 0 saturated heterocycles. The van der Waals surface area contributed by atoms with Crippen LogP contribution in [0.4, 0.5) is 11.4 Å². The summed E-state index contributed by atoms with van der Waals surface area (Å²) in [5.41, 5.74) is 8.45. The number of hydrogen-bond acceptors (Lipinski definition) is 2. The van der Waals surface area contributed by atoms with Crippen LogP contribution in [0.1, 0.15) is 0 Å². The number of furan rings is 1. The maximum atomic E-state index is 6.83. The van der Waals surface area contributed by atoms with Crippen molar-refractivity contribution >= 4 is 65.6 Å². The Morgan fingerprint density at radius 3 is 1.93 bits per heavy atom. The highest BCUT2D eigenvalue weighted by Gasteiger charge is 2.19. The van der Waals surface area contributed by atoms with Crippen LogP contribution in [-0.2, 0) is 0 Å². The lowest BCUT2D eigenvalue weighted by Gasteiger charge is -2.14. The van der Waals surface area contributed by atoms with Crippen molar-refractivity contribution in [2.24, 2.45) is 0 Å². The van der Waals surface area contributed by atoms with Gasteiger partial charge in [-0.15, -0.1) is 0 Å². The third-order valence-corrected chi connectivity index (χ3v) is 8.83. The number of hydrogen-bond donors (Lipinski definition) is 1. The Kier molecular flexibility index (Phi) is 5.54. The van der Waals surface area contributed by atoms with Gasteiger partial charge in [0.15, 0.2) is 5.58 Å². The molecule has 0 atom stereocenters. The van der Waals surface area contributed by atoms with Crippen molar-refractivity contribution < 1.29 is 4.42 Å². The van der Waals surface area contributed by atoms with E-state index in [1.54, 1.807) is 0 Å². The summed E-state index contributed by atoms with van der Waals surface area (Å²) in [4.78, 5) is 0. The molecule has 9 rings (SSSR count). The van der Waals surface area contributed by atoms with Crippen LogP contribution in [0.2, 0.25) is 0 Å². The number of anilines is 2. The fraction of sp³-hybridized carbons (Fsp3) is 0. The molecular weight excluding hydrogens is 534 g/mol. The highest BCUT2D eigenvalue weighted by molar-refractivity contribution is 6.24. The first-order chi connectivity index (χ1) is 21.8. The maximum Gasteiger partial charge on any atom is 0.158 e. The van der Waals surface area contributed by atoms with E-state index < -0.39 is 0 Å². The van der Waals surface area contributed by atoms with Gasteiger partial charge in [0.05, 0.1) is 5.69 Å².